The van der Waals surface area contributed by atoms with E-state index < -0.39 is 0 Å². The molecule has 2 aromatic rings. The molecule has 24 heavy (non-hydrogen) atoms. The maximum absolute atomic E-state index is 12.8. The molecule has 1 saturated heterocycles. The minimum atomic E-state index is 0. The molecular weight excluding hydrogens is 344 g/mol. The summed E-state index contributed by atoms with van der Waals surface area (Å²) < 4.78 is 5.48. The van der Waals surface area contributed by atoms with Crippen LogP contribution in [-0.2, 0) is 11.2 Å². The minimum absolute atomic E-state index is 0. The number of benzene rings is 1. The smallest absolute Gasteiger partial charge is 0.228 e. The summed E-state index contributed by atoms with van der Waals surface area (Å²) in [6.45, 7) is 4.39. The number of halogens is 1. The number of thiophene rings is 1. The van der Waals surface area contributed by atoms with Crippen molar-refractivity contribution in [3.8, 4) is 5.75 Å². The monoisotopic (exact) mass is 366 g/mol. The molecule has 1 atom stereocenters. The summed E-state index contributed by atoms with van der Waals surface area (Å²) in [5.41, 5.74) is 1.07. The van der Waals surface area contributed by atoms with Crippen LogP contribution in [0.2, 0.25) is 0 Å². The maximum Gasteiger partial charge on any atom is 0.228 e. The van der Waals surface area contributed by atoms with Crippen molar-refractivity contribution in [1.82, 2.24) is 10.2 Å². The van der Waals surface area contributed by atoms with E-state index in [2.05, 4.69) is 24.4 Å². The number of carbonyl (C=O) groups excluding carboxylic acids is 1. The van der Waals surface area contributed by atoms with Gasteiger partial charge in [0, 0.05) is 35.0 Å². The molecule has 130 valence electrons. The highest BCUT2D eigenvalue weighted by atomic mass is 35.5. The number of para-hydroxylation sites is 1. The Kier molecular flexibility index (Phi) is 6.66. The van der Waals surface area contributed by atoms with Crippen LogP contribution in [0.4, 0.5) is 0 Å². The highest BCUT2D eigenvalue weighted by Gasteiger charge is 2.29. The molecule has 0 aliphatic carbocycles. The first-order chi connectivity index (χ1) is 11.2. The molecule has 0 saturated carbocycles. The van der Waals surface area contributed by atoms with Crippen molar-refractivity contribution in [3.05, 3.63) is 51.7 Å². The van der Waals surface area contributed by atoms with Gasteiger partial charge in [-0.1, -0.05) is 18.2 Å². The van der Waals surface area contributed by atoms with Crippen molar-refractivity contribution in [3.63, 3.8) is 0 Å². The summed E-state index contributed by atoms with van der Waals surface area (Å²) in [5, 5.41) is 3.39. The molecule has 0 bridgehead atoms. The molecule has 3 rings (SSSR count). The van der Waals surface area contributed by atoms with Crippen molar-refractivity contribution in [2.45, 2.75) is 19.4 Å². The summed E-state index contributed by atoms with van der Waals surface area (Å²) in [4.78, 5) is 17.2. The number of hydrogen-bond acceptors (Lipinski definition) is 4. The van der Waals surface area contributed by atoms with Crippen molar-refractivity contribution in [2.75, 3.05) is 26.7 Å². The SMILES string of the molecule is COc1ccccc1C1CNCCN1C(=O)Cc1ccc(C)s1.Cl. The lowest BCUT2D eigenvalue weighted by atomic mass is 10.0. The van der Waals surface area contributed by atoms with Crippen LogP contribution in [0.15, 0.2) is 36.4 Å². The van der Waals surface area contributed by atoms with Gasteiger partial charge in [-0.15, -0.1) is 23.7 Å². The van der Waals surface area contributed by atoms with E-state index in [1.165, 1.54) is 4.88 Å². The fraction of sp³-hybridized carbons (Fsp3) is 0.389. The number of methoxy groups -OCH3 is 1. The Hall–Kier alpha value is -1.56. The third-order valence-corrected chi connectivity index (χ3v) is 5.18. The quantitative estimate of drug-likeness (QED) is 0.903. The first-order valence-corrected chi connectivity index (χ1v) is 8.69. The number of aryl methyl sites for hydroxylation is 1. The van der Waals surface area contributed by atoms with Gasteiger partial charge in [-0.05, 0) is 25.1 Å². The molecule has 1 aromatic carbocycles. The first-order valence-electron chi connectivity index (χ1n) is 7.87. The molecular formula is C18H23ClN2O2S. The van der Waals surface area contributed by atoms with Crippen LogP contribution in [-0.4, -0.2) is 37.6 Å². The Morgan fingerprint density at radius 1 is 1.33 bits per heavy atom. The van der Waals surface area contributed by atoms with Crippen LogP contribution in [0.3, 0.4) is 0 Å². The van der Waals surface area contributed by atoms with Crippen LogP contribution < -0.4 is 10.1 Å². The predicted molar refractivity (Wildman–Crippen MR) is 100 cm³/mol. The molecule has 2 heterocycles. The van der Waals surface area contributed by atoms with Gasteiger partial charge in [0.25, 0.3) is 0 Å². The zero-order chi connectivity index (χ0) is 16.2. The molecule has 0 radical (unpaired) electrons. The molecule has 1 amide bonds. The van der Waals surface area contributed by atoms with Crippen LogP contribution in [0.1, 0.15) is 21.4 Å². The number of nitrogens with zero attached hydrogens (tertiary/aromatic N) is 1. The largest absolute Gasteiger partial charge is 0.496 e. The molecule has 1 aromatic heterocycles. The average molecular weight is 367 g/mol. The van der Waals surface area contributed by atoms with Gasteiger partial charge in [0.2, 0.25) is 5.91 Å². The van der Waals surface area contributed by atoms with Gasteiger partial charge in [-0.25, -0.2) is 0 Å². The zero-order valence-corrected chi connectivity index (χ0v) is 15.6. The van der Waals surface area contributed by atoms with Gasteiger partial charge in [0.05, 0.1) is 19.6 Å². The third-order valence-electron chi connectivity index (χ3n) is 4.18. The molecule has 4 nitrogen and oxygen atoms in total. The van der Waals surface area contributed by atoms with Gasteiger partial charge >= 0.3 is 0 Å². The van der Waals surface area contributed by atoms with Crippen LogP contribution >= 0.6 is 23.7 Å². The second kappa shape index (κ2) is 8.51. The summed E-state index contributed by atoms with van der Waals surface area (Å²) in [6.07, 6.45) is 0.476. The van der Waals surface area contributed by atoms with Crippen LogP contribution in [0.25, 0.3) is 0 Å². The average Bonchev–Trinajstić information content (AvgIpc) is 2.99. The van der Waals surface area contributed by atoms with Crippen molar-refractivity contribution in [1.29, 1.82) is 0 Å². The minimum Gasteiger partial charge on any atom is -0.496 e. The zero-order valence-electron chi connectivity index (χ0n) is 14.0. The summed E-state index contributed by atoms with van der Waals surface area (Å²) >= 11 is 1.70. The van der Waals surface area contributed by atoms with Gasteiger partial charge in [0.15, 0.2) is 0 Å². The van der Waals surface area contributed by atoms with Gasteiger partial charge in [-0.2, -0.15) is 0 Å². The number of ether oxygens (including phenoxy) is 1. The first kappa shape index (κ1) is 18.8. The van der Waals surface area contributed by atoms with E-state index >= 15 is 0 Å². The number of carbonyl (C=O) groups is 1. The summed E-state index contributed by atoms with van der Waals surface area (Å²) in [6, 6.07) is 12.1. The summed E-state index contributed by atoms with van der Waals surface area (Å²) in [7, 11) is 1.68. The van der Waals surface area contributed by atoms with Crippen LogP contribution in [0, 0.1) is 6.92 Å². The van der Waals surface area contributed by atoms with Gasteiger partial charge in [0.1, 0.15) is 5.75 Å². The van der Waals surface area contributed by atoms with Crippen LogP contribution in [0.5, 0.6) is 5.75 Å². The standard InChI is InChI=1S/C18H22N2O2S.ClH/c1-13-7-8-14(23-13)11-18(21)20-10-9-19-12-16(20)15-5-3-4-6-17(15)22-2;/h3-8,16,19H,9-12H2,1-2H3;1H. The molecule has 1 aliphatic heterocycles. The Morgan fingerprint density at radius 3 is 2.83 bits per heavy atom. The lowest BCUT2D eigenvalue weighted by Gasteiger charge is -2.37. The van der Waals surface area contributed by atoms with Crippen molar-refractivity contribution in [2.24, 2.45) is 0 Å². The topological polar surface area (TPSA) is 41.6 Å². The Balaban J connectivity index is 0.00000208. The molecule has 1 fully saturated rings. The van der Waals surface area contributed by atoms with Gasteiger partial charge in [-0.3, -0.25) is 4.79 Å². The summed E-state index contributed by atoms with van der Waals surface area (Å²) in [5.74, 6) is 1.02. The number of nitrogens with one attached hydrogen (secondary N) is 1. The normalized spacial score (nSPS) is 17.2. The molecule has 6 heteroatoms. The molecule has 1 aliphatic rings. The fourth-order valence-corrected chi connectivity index (χ4v) is 3.93. The fourth-order valence-electron chi connectivity index (χ4n) is 3.05. The Morgan fingerprint density at radius 2 is 2.12 bits per heavy atom. The highest BCUT2D eigenvalue weighted by Crippen LogP contribution is 2.30. The molecule has 1 unspecified atom stereocenters. The number of amides is 1. The number of hydrogen-bond donors (Lipinski definition) is 1. The Bertz CT molecular complexity index is 689. The van der Waals surface area contributed by atoms with E-state index in [4.69, 9.17) is 4.74 Å². The third kappa shape index (κ3) is 4.09. The van der Waals surface area contributed by atoms with E-state index in [0.717, 1.165) is 35.8 Å². The van der Waals surface area contributed by atoms with Crippen molar-refractivity contribution < 1.29 is 9.53 Å². The Labute approximate surface area is 153 Å². The number of piperazine rings is 1. The molecule has 1 N–H and O–H groups in total. The lowest BCUT2D eigenvalue weighted by molar-refractivity contribution is -0.133. The predicted octanol–water partition coefficient (Wildman–Crippen LogP) is 3.20. The van der Waals surface area contributed by atoms with E-state index in [-0.39, 0.29) is 24.4 Å². The highest BCUT2D eigenvalue weighted by molar-refractivity contribution is 7.12. The lowest BCUT2D eigenvalue weighted by Crippen LogP contribution is -2.49. The van der Waals surface area contributed by atoms with Gasteiger partial charge < -0.3 is 15.0 Å². The van der Waals surface area contributed by atoms with Crippen molar-refractivity contribution >= 4 is 29.7 Å². The number of rotatable bonds is 4. The second-order valence-electron chi connectivity index (χ2n) is 5.74. The van der Waals surface area contributed by atoms with E-state index in [0.29, 0.717) is 6.42 Å². The maximum atomic E-state index is 12.8. The van der Waals surface area contributed by atoms with E-state index in [9.17, 15) is 4.79 Å². The second-order valence-corrected chi connectivity index (χ2v) is 7.11. The molecule has 0 spiro atoms. The van der Waals surface area contributed by atoms with E-state index in [1.807, 2.05) is 29.2 Å². The van der Waals surface area contributed by atoms with E-state index in [1.54, 1.807) is 18.4 Å².